The molecule has 0 saturated heterocycles. The Hall–Kier alpha value is -2.80. The van der Waals surface area contributed by atoms with Gasteiger partial charge in [-0.05, 0) is 6.07 Å². The third-order valence-corrected chi connectivity index (χ3v) is 5.44. The lowest BCUT2D eigenvalue weighted by atomic mass is 10.00. The molecule has 0 radical (unpaired) electrons. The summed E-state index contributed by atoms with van der Waals surface area (Å²) < 4.78 is 1.79. The van der Waals surface area contributed by atoms with Crippen molar-refractivity contribution < 1.29 is 22.1 Å². The van der Waals surface area contributed by atoms with Gasteiger partial charge in [0.05, 0.1) is 12.1 Å². The van der Waals surface area contributed by atoms with E-state index in [0.29, 0.717) is 12.8 Å². The van der Waals surface area contributed by atoms with Crippen molar-refractivity contribution in [2.45, 2.75) is 25.8 Å². The van der Waals surface area contributed by atoms with E-state index >= 15 is 0 Å². The highest BCUT2D eigenvalue weighted by Gasteiger charge is 2.22. The molecule has 29 heavy (non-hydrogen) atoms. The first-order chi connectivity index (χ1) is 13.8. The lowest BCUT2D eigenvalue weighted by Crippen LogP contribution is -3.11. The van der Waals surface area contributed by atoms with Crippen molar-refractivity contribution in [2.24, 2.45) is 0 Å². The number of quaternary nitrogens is 1. The smallest absolute Gasteiger partial charge is 0.232 e. The Morgan fingerprint density at radius 3 is 2.66 bits per heavy atom. The lowest BCUT2D eigenvalue weighted by Gasteiger charge is -2.24. The maximum atomic E-state index is 12.7. The van der Waals surface area contributed by atoms with Crippen molar-refractivity contribution in [3.05, 3.63) is 78.0 Å². The van der Waals surface area contributed by atoms with Gasteiger partial charge >= 0.3 is 0 Å². The van der Waals surface area contributed by atoms with Gasteiger partial charge in [0.1, 0.15) is 13.1 Å². The van der Waals surface area contributed by atoms with E-state index in [1.54, 1.807) is 9.47 Å². The van der Waals surface area contributed by atoms with Crippen molar-refractivity contribution in [1.82, 2.24) is 4.57 Å². The van der Waals surface area contributed by atoms with Gasteiger partial charge in [-0.3, -0.25) is 9.36 Å². The summed E-state index contributed by atoms with van der Waals surface area (Å²) in [5, 5.41) is 1.14. The first-order valence-corrected chi connectivity index (χ1v) is 9.90. The van der Waals surface area contributed by atoms with Crippen molar-refractivity contribution in [3.8, 4) is 12.3 Å². The van der Waals surface area contributed by atoms with Gasteiger partial charge in [0.15, 0.2) is 0 Å². The van der Waals surface area contributed by atoms with Crippen molar-refractivity contribution in [3.63, 3.8) is 0 Å². The highest BCUT2D eigenvalue weighted by molar-refractivity contribution is 5.99. The summed E-state index contributed by atoms with van der Waals surface area (Å²) in [6.45, 7) is 3.14. The van der Waals surface area contributed by atoms with E-state index in [1.165, 1.54) is 16.7 Å². The Balaban J connectivity index is 0.00000240. The van der Waals surface area contributed by atoms with Crippen LogP contribution in [-0.2, 0) is 6.54 Å². The van der Waals surface area contributed by atoms with Crippen LogP contribution in [-0.4, -0.2) is 23.6 Å². The van der Waals surface area contributed by atoms with Crippen molar-refractivity contribution in [2.75, 3.05) is 13.1 Å². The molecule has 1 atom stereocenters. The molecule has 1 aliphatic rings. The SMILES string of the molecule is C#CCCC(=O)n1cc(C2=CCC[NH+](Cc3ccccc3)C2)c2ccccc21.[Cl-]. The first-order valence-electron chi connectivity index (χ1n) is 9.90. The second kappa shape index (κ2) is 9.60. The number of rotatable bonds is 5. The van der Waals surface area contributed by atoms with Crippen LogP contribution in [0.15, 0.2) is 66.9 Å². The van der Waals surface area contributed by atoms with Gasteiger partial charge in [-0.2, -0.15) is 0 Å². The van der Waals surface area contributed by atoms with Crippen LogP contribution >= 0.6 is 0 Å². The van der Waals surface area contributed by atoms with Crippen molar-refractivity contribution in [1.29, 1.82) is 0 Å². The van der Waals surface area contributed by atoms with Crippen LogP contribution in [0, 0.1) is 12.3 Å². The molecule has 1 N–H and O–H groups in total. The van der Waals surface area contributed by atoms with Crippen LogP contribution in [0.5, 0.6) is 0 Å². The van der Waals surface area contributed by atoms with Gasteiger partial charge in [0, 0.05) is 47.5 Å². The number of benzene rings is 2. The fourth-order valence-corrected chi connectivity index (χ4v) is 4.06. The standard InChI is InChI=1S/C25H24N2O.ClH/c1-2-3-15-25(28)27-19-23(22-13-7-8-14-24(22)27)21-12-9-16-26(18-21)17-20-10-5-4-6-11-20;/h1,4-8,10-14,19H,3,9,15-18H2;1H. The number of carbonyl (C=O) groups excluding carboxylic acids is 1. The molecule has 4 heteroatoms. The third kappa shape index (κ3) is 4.62. The Labute approximate surface area is 178 Å². The summed E-state index contributed by atoms with van der Waals surface area (Å²) in [7, 11) is 0. The van der Waals surface area contributed by atoms with Crippen molar-refractivity contribution >= 4 is 22.4 Å². The minimum Gasteiger partial charge on any atom is -1.00 e. The highest BCUT2D eigenvalue weighted by atomic mass is 35.5. The van der Waals surface area contributed by atoms with Crippen LogP contribution < -0.4 is 17.3 Å². The van der Waals surface area contributed by atoms with Crippen LogP contribution in [0.1, 0.15) is 35.2 Å². The molecule has 2 heterocycles. The Morgan fingerprint density at radius 1 is 1.10 bits per heavy atom. The van der Waals surface area contributed by atoms with Gasteiger partial charge in [-0.1, -0.05) is 54.6 Å². The summed E-state index contributed by atoms with van der Waals surface area (Å²) in [6, 6.07) is 18.8. The van der Waals surface area contributed by atoms with Gasteiger partial charge < -0.3 is 17.3 Å². The van der Waals surface area contributed by atoms with Gasteiger partial charge in [-0.25, -0.2) is 0 Å². The molecule has 4 rings (SSSR count). The fraction of sp³-hybridized carbons (Fsp3) is 0.240. The number of nitrogens with zero attached hydrogens (tertiary/aromatic N) is 1. The molecular weight excluding hydrogens is 380 g/mol. The fourth-order valence-electron chi connectivity index (χ4n) is 4.06. The second-order valence-electron chi connectivity index (χ2n) is 7.38. The number of para-hydroxylation sites is 1. The average Bonchev–Trinajstić information content (AvgIpc) is 3.13. The van der Waals surface area contributed by atoms with E-state index in [2.05, 4.69) is 48.4 Å². The Morgan fingerprint density at radius 2 is 1.86 bits per heavy atom. The molecule has 0 saturated carbocycles. The maximum Gasteiger partial charge on any atom is 0.232 e. The number of halogens is 1. The summed E-state index contributed by atoms with van der Waals surface area (Å²) in [5.74, 6) is 2.63. The number of fused-ring (bicyclic) bond motifs is 1. The van der Waals surface area contributed by atoms with E-state index in [0.717, 1.165) is 37.0 Å². The van der Waals surface area contributed by atoms with Gasteiger partial charge in [0.25, 0.3) is 0 Å². The van der Waals surface area contributed by atoms with Gasteiger partial charge in [-0.15, -0.1) is 12.3 Å². The summed E-state index contributed by atoms with van der Waals surface area (Å²) in [5.41, 5.74) is 4.84. The monoisotopic (exact) mass is 404 g/mol. The van der Waals surface area contributed by atoms with E-state index in [9.17, 15) is 4.79 Å². The minimum atomic E-state index is 0. The number of terminal acetylenes is 1. The van der Waals surface area contributed by atoms with Crippen LogP contribution in [0.25, 0.3) is 16.5 Å². The zero-order valence-electron chi connectivity index (χ0n) is 16.4. The number of aromatic nitrogens is 1. The molecule has 3 aromatic rings. The molecule has 0 aliphatic carbocycles. The van der Waals surface area contributed by atoms with E-state index in [1.807, 2.05) is 24.4 Å². The Bertz CT molecular complexity index is 1060. The second-order valence-corrected chi connectivity index (χ2v) is 7.38. The molecule has 2 aromatic carbocycles. The summed E-state index contributed by atoms with van der Waals surface area (Å²) in [6.07, 6.45) is 11.6. The minimum absolute atomic E-state index is 0. The van der Waals surface area contributed by atoms with E-state index < -0.39 is 0 Å². The number of hydrogen-bond acceptors (Lipinski definition) is 1. The maximum absolute atomic E-state index is 12.7. The van der Waals surface area contributed by atoms with Crippen LogP contribution in [0.2, 0.25) is 0 Å². The number of hydrogen-bond donors (Lipinski definition) is 1. The number of carbonyl (C=O) groups is 1. The average molecular weight is 405 g/mol. The number of nitrogens with one attached hydrogen (secondary N) is 1. The normalized spacial score (nSPS) is 16.0. The van der Waals surface area contributed by atoms with E-state index in [4.69, 9.17) is 6.42 Å². The molecular formula is C25H25ClN2O. The first kappa shape index (κ1) is 20.9. The third-order valence-electron chi connectivity index (χ3n) is 5.44. The molecule has 0 spiro atoms. The Kier molecular flexibility index (Phi) is 6.93. The lowest BCUT2D eigenvalue weighted by molar-refractivity contribution is -0.907. The molecule has 1 unspecified atom stereocenters. The predicted octanol–water partition coefficient (Wildman–Crippen LogP) is 0.571. The molecule has 3 nitrogen and oxygen atoms in total. The highest BCUT2D eigenvalue weighted by Crippen LogP contribution is 2.28. The van der Waals surface area contributed by atoms with Crippen LogP contribution in [0.4, 0.5) is 0 Å². The largest absolute Gasteiger partial charge is 1.00 e. The molecule has 0 bridgehead atoms. The molecule has 148 valence electrons. The quantitative estimate of drug-likeness (QED) is 0.618. The zero-order chi connectivity index (χ0) is 19.3. The van der Waals surface area contributed by atoms with E-state index in [-0.39, 0.29) is 18.3 Å². The topological polar surface area (TPSA) is 26.4 Å². The molecule has 1 aliphatic heterocycles. The summed E-state index contributed by atoms with van der Waals surface area (Å²) >= 11 is 0. The zero-order valence-corrected chi connectivity index (χ0v) is 17.2. The molecule has 0 fully saturated rings. The predicted molar refractivity (Wildman–Crippen MR) is 114 cm³/mol. The summed E-state index contributed by atoms with van der Waals surface area (Å²) in [4.78, 5) is 14.2. The van der Waals surface area contributed by atoms with Crippen LogP contribution in [0.3, 0.4) is 0 Å². The van der Waals surface area contributed by atoms with Gasteiger partial charge in [0.2, 0.25) is 5.91 Å². The molecule has 1 aromatic heterocycles. The molecule has 0 amide bonds.